The molecule has 2 fully saturated rings. The van der Waals surface area contributed by atoms with Gasteiger partial charge in [0.1, 0.15) is 11.5 Å². The molecule has 2 aromatic rings. The first kappa shape index (κ1) is 21.8. The molecule has 1 amide bonds. The monoisotopic (exact) mass is 455 g/mol. The molecule has 2 aliphatic heterocycles. The van der Waals surface area contributed by atoms with E-state index in [1.165, 1.54) is 12.0 Å². The van der Waals surface area contributed by atoms with Gasteiger partial charge in [-0.25, -0.2) is 0 Å². The van der Waals surface area contributed by atoms with Crippen LogP contribution in [0.5, 0.6) is 0 Å². The molecular formula is C26H34ClN3O2. The highest BCUT2D eigenvalue weighted by molar-refractivity contribution is 6.31. The highest BCUT2D eigenvalue weighted by Gasteiger charge is 2.42. The summed E-state index contributed by atoms with van der Waals surface area (Å²) in [6, 6.07) is 6.15. The Kier molecular flexibility index (Phi) is 6.22. The molecule has 5 nitrogen and oxygen atoms in total. The largest absolute Gasteiger partial charge is 0.465 e. The van der Waals surface area contributed by atoms with Crippen LogP contribution in [0.2, 0.25) is 5.02 Å². The van der Waals surface area contributed by atoms with Crippen LogP contribution in [-0.4, -0.2) is 55.0 Å². The molecule has 1 aromatic carbocycles. The molecule has 32 heavy (non-hydrogen) atoms. The normalized spacial score (nSPS) is 22.8. The van der Waals surface area contributed by atoms with E-state index >= 15 is 0 Å². The summed E-state index contributed by atoms with van der Waals surface area (Å²) in [4.78, 5) is 18.0. The quantitative estimate of drug-likeness (QED) is 0.627. The van der Waals surface area contributed by atoms with Gasteiger partial charge in [-0.1, -0.05) is 17.7 Å². The zero-order valence-corrected chi connectivity index (χ0v) is 20.0. The molecule has 0 spiro atoms. The van der Waals surface area contributed by atoms with Crippen molar-refractivity contribution in [1.82, 2.24) is 9.80 Å². The van der Waals surface area contributed by atoms with E-state index in [4.69, 9.17) is 16.0 Å². The number of nitrogens with zero attached hydrogens (tertiary/aromatic N) is 2. The van der Waals surface area contributed by atoms with Gasteiger partial charge in [-0.15, -0.1) is 0 Å². The SMILES string of the molecule is Cc1ccc(NCCCN2CC3CN(C(=O)c4c(C)oc5c4CCCC5)CC3C2)cc1Cl. The number of hydrogen-bond donors (Lipinski definition) is 1. The van der Waals surface area contributed by atoms with Crippen LogP contribution in [-0.2, 0) is 12.8 Å². The Hall–Kier alpha value is -1.98. The number of benzene rings is 1. The highest BCUT2D eigenvalue weighted by Crippen LogP contribution is 2.35. The van der Waals surface area contributed by atoms with Crippen LogP contribution in [0.25, 0.3) is 0 Å². The first-order chi connectivity index (χ1) is 15.5. The van der Waals surface area contributed by atoms with Crippen LogP contribution in [0.4, 0.5) is 5.69 Å². The summed E-state index contributed by atoms with van der Waals surface area (Å²) in [7, 11) is 0. The van der Waals surface area contributed by atoms with E-state index in [1.54, 1.807) is 0 Å². The molecule has 1 N–H and O–H groups in total. The van der Waals surface area contributed by atoms with Crippen molar-refractivity contribution in [3.05, 3.63) is 51.4 Å². The minimum atomic E-state index is 0.205. The number of carbonyl (C=O) groups excluding carboxylic acids is 1. The summed E-state index contributed by atoms with van der Waals surface area (Å²) in [6.45, 7) is 10.0. The van der Waals surface area contributed by atoms with Crippen LogP contribution in [0, 0.1) is 25.7 Å². The van der Waals surface area contributed by atoms with E-state index in [9.17, 15) is 4.79 Å². The van der Waals surface area contributed by atoms with E-state index in [0.29, 0.717) is 11.8 Å². The van der Waals surface area contributed by atoms with Crippen LogP contribution < -0.4 is 5.32 Å². The topological polar surface area (TPSA) is 48.7 Å². The van der Waals surface area contributed by atoms with Gasteiger partial charge in [-0.05, 0) is 75.6 Å². The standard InChI is InChI=1S/C26H34ClN3O2/c1-17-8-9-21(12-23(17)27)28-10-5-11-29-13-19-15-30(16-20(19)14-29)26(31)25-18(2)32-24-7-4-3-6-22(24)25/h8-9,12,19-20,28H,3-7,10-11,13-16H2,1-2H3. The highest BCUT2D eigenvalue weighted by atomic mass is 35.5. The Morgan fingerprint density at radius 2 is 1.88 bits per heavy atom. The fourth-order valence-electron chi connectivity index (χ4n) is 5.82. The summed E-state index contributed by atoms with van der Waals surface area (Å²) in [6.07, 6.45) is 5.41. The van der Waals surface area contributed by atoms with Gasteiger partial charge in [-0.3, -0.25) is 4.79 Å². The van der Waals surface area contributed by atoms with E-state index in [-0.39, 0.29) is 5.91 Å². The molecule has 5 rings (SSSR count). The average molecular weight is 456 g/mol. The van der Waals surface area contributed by atoms with Crippen molar-refractivity contribution >= 4 is 23.2 Å². The first-order valence-electron chi connectivity index (χ1n) is 12.1. The van der Waals surface area contributed by atoms with Gasteiger partial charge in [0.15, 0.2) is 0 Å². The van der Waals surface area contributed by atoms with Crippen molar-refractivity contribution in [1.29, 1.82) is 0 Å². The Morgan fingerprint density at radius 1 is 1.12 bits per heavy atom. The molecule has 1 aromatic heterocycles. The number of anilines is 1. The maximum atomic E-state index is 13.3. The number of halogens is 1. The van der Waals surface area contributed by atoms with Gasteiger partial charge in [0.05, 0.1) is 5.56 Å². The van der Waals surface area contributed by atoms with Gasteiger partial charge >= 0.3 is 0 Å². The molecule has 0 saturated carbocycles. The van der Waals surface area contributed by atoms with E-state index in [2.05, 4.69) is 27.2 Å². The Balaban J connectivity index is 1.10. The van der Waals surface area contributed by atoms with E-state index < -0.39 is 0 Å². The lowest BCUT2D eigenvalue weighted by molar-refractivity contribution is 0.0771. The number of nitrogens with one attached hydrogen (secondary N) is 1. The molecule has 172 valence electrons. The summed E-state index contributed by atoms with van der Waals surface area (Å²) >= 11 is 6.21. The zero-order chi connectivity index (χ0) is 22.2. The molecule has 3 heterocycles. The molecule has 1 aliphatic carbocycles. The molecule has 2 saturated heterocycles. The molecule has 0 radical (unpaired) electrons. The fourth-order valence-corrected chi connectivity index (χ4v) is 6.00. The summed E-state index contributed by atoms with van der Waals surface area (Å²) in [5, 5.41) is 4.29. The average Bonchev–Trinajstić information content (AvgIpc) is 3.43. The molecule has 6 heteroatoms. The van der Waals surface area contributed by atoms with Crippen molar-refractivity contribution in [2.24, 2.45) is 11.8 Å². The molecule has 3 aliphatic rings. The molecule has 2 atom stereocenters. The second-order valence-electron chi connectivity index (χ2n) is 9.88. The minimum absolute atomic E-state index is 0.205. The van der Waals surface area contributed by atoms with Crippen molar-refractivity contribution < 1.29 is 9.21 Å². The van der Waals surface area contributed by atoms with Crippen LogP contribution >= 0.6 is 11.6 Å². The summed E-state index contributed by atoms with van der Waals surface area (Å²) < 4.78 is 5.96. The number of amides is 1. The van der Waals surface area contributed by atoms with Crippen LogP contribution in [0.15, 0.2) is 22.6 Å². The molecular weight excluding hydrogens is 422 g/mol. The lowest BCUT2D eigenvalue weighted by Gasteiger charge is -2.22. The van der Waals surface area contributed by atoms with Crippen molar-refractivity contribution in [2.45, 2.75) is 46.0 Å². The Morgan fingerprint density at radius 3 is 2.62 bits per heavy atom. The summed E-state index contributed by atoms with van der Waals surface area (Å²) in [5.41, 5.74) is 4.26. The van der Waals surface area contributed by atoms with E-state index in [1.807, 2.05) is 19.9 Å². The second kappa shape index (κ2) is 9.11. The van der Waals surface area contributed by atoms with Crippen LogP contribution in [0.1, 0.15) is 52.3 Å². The number of furan rings is 1. The van der Waals surface area contributed by atoms with Crippen molar-refractivity contribution in [3.63, 3.8) is 0 Å². The fraction of sp³-hybridized carbons (Fsp3) is 0.577. The Bertz CT molecular complexity index is 987. The number of rotatable bonds is 6. The molecule has 2 unspecified atom stereocenters. The maximum absolute atomic E-state index is 13.3. The van der Waals surface area contributed by atoms with Gasteiger partial charge in [0, 0.05) is 55.4 Å². The number of fused-ring (bicyclic) bond motifs is 2. The van der Waals surface area contributed by atoms with Crippen molar-refractivity contribution in [3.8, 4) is 0 Å². The third-order valence-corrected chi connectivity index (χ3v) is 7.97. The third kappa shape index (κ3) is 4.29. The van der Waals surface area contributed by atoms with Gasteiger partial charge in [0.2, 0.25) is 0 Å². The van der Waals surface area contributed by atoms with Gasteiger partial charge < -0.3 is 19.5 Å². The predicted molar refractivity (Wildman–Crippen MR) is 129 cm³/mol. The number of likely N-dealkylation sites (tertiary alicyclic amines) is 2. The van der Waals surface area contributed by atoms with E-state index in [0.717, 1.165) is 98.3 Å². The lowest BCUT2D eigenvalue weighted by Crippen LogP contribution is -2.34. The third-order valence-electron chi connectivity index (χ3n) is 7.56. The molecule has 0 bridgehead atoms. The lowest BCUT2D eigenvalue weighted by atomic mass is 9.94. The predicted octanol–water partition coefficient (Wildman–Crippen LogP) is 4.93. The number of carbonyl (C=O) groups is 1. The first-order valence-corrected chi connectivity index (χ1v) is 12.5. The van der Waals surface area contributed by atoms with Gasteiger partial charge in [-0.2, -0.15) is 0 Å². The Labute approximate surface area is 196 Å². The number of hydrogen-bond acceptors (Lipinski definition) is 4. The second-order valence-corrected chi connectivity index (χ2v) is 10.3. The summed E-state index contributed by atoms with van der Waals surface area (Å²) in [5.74, 6) is 3.29. The van der Waals surface area contributed by atoms with Crippen molar-refractivity contribution in [2.75, 3.05) is 44.6 Å². The maximum Gasteiger partial charge on any atom is 0.257 e. The van der Waals surface area contributed by atoms with Crippen LogP contribution in [0.3, 0.4) is 0 Å². The smallest absolute Gasteiger partial charge is 0.257 e. The number of aryl methyl sites for hydroxylation is 3. The van der Waals surface area contributed by atoms with Gasteiger partial charge in [0.25, 0.3) is 5.91 Å². The zero-order valence-electron chi connectivity index (χ0n) is 19.3. The minimum Gasteiger partial charge on any atom is -0.465 e.